The average Bonchev–Trinajstić information content (AvgIpc) is 3.33. The Morgan fingerprint density at radius 2 is 2.03 bits per heavy atom. The van der Waals surface area contributed by atoms with Gasteiger partial charge < -0.3 is 19.2 Å². The van der Waals surface area contributed by atoms with Gasteiger partial charge in [0.1, 0.15) is 28.7 Å². The zero-order valence-corrected chi connectivity index (χ0v) is 16.3. The van der Waals surface area contributed by atoms with Crippen LogP contribution >= 0.6 is 11.6 Å². The van der Waals surface area contributed by atoms with Crippen molar-refractivity contribution < 1.29 is 23.5 Å². The molecular weight excluding hydrogens is 398 g/mol. The summed E-state index contributed by atoms with van der Waals surface area (Å²) in [5.74, 6) is -0.608. The number of nitrogens with one attached hydrogen (secondary N) is 1. The van der Waals surface area contributed by atoms with Crippen LogP contribution < -0.4 is 10.1 Å². The Morgan fingerprint density at radius 1 is 1.31 bits per heavy atom. The fourth-order valence-electron chi connectivity index (χ4n) is 2.70. The van der Waals surface area contributed by atoms with Gasteiger partial charge in [0.2, 0.25) is 5.88 Å². The highest BCUT2D eigenvalue weighted by molar-refractivity contribution is 6.31. The molecule has 8 nitrogen and oxygen atoms in total. The van der Waals surface area contributed by atoms with Gasteiger partial charge in [-0.1, -0.05) is 11.6 Å². The minimum absolute atomic E-state index is 0.0238. The molecule has 0 radical (unpaired) electrons. The van der Waals surface area contributed by atoms with Gasteiger partial charge >= 0.3 is 5.97 Å². The monoisotopic (exact) mass is 413 g/mol. The molecule has 0 unspecified atom stereocenters. The van der Waals surface area contributed by atoms with E-state index in [1.54, 1.807) is 48.1 Å². The van der Waals surface area contributed by atoms with Gasteiger partial charge in [0.25, 0.3) is 5.91 Å². The Labute approximate surface area is 171 Å². The van der Waals surface area contributed by atoms with Crippen LogP contribution in [0.25, 0.3) is 5.88 Å². The van der Waals surface area contributed by atoms with E-state index in [1.165, 1.54) is 13.2 Å². The summed E-state index contributed by atoms with van der Waals surface area (Å²) in [6, 6.07) is 10.2. The number of carbonyl (C=O) groups excluding carboxylic acids is 2. The van der Waals surface area contributed by atoms with E-state index in [4.69, 9.17) is 25.5 Å². The predicted molar refractivity (Wildman–Crippen MR) is 104 cm³/mol. The third kappa shape index (κ3) is 4.25. The van der Waals surface area contributed by atoms with Gasteiger partial charge in [0, 0.05) is 17.4 Å². The number of hydrogen-bond acceptors (Lipinski definition) is 6. The summed E-state index contributed by atoms with van der Waals surface area (Å²) in [5, 5.41) is 12.4. The van der Waals surface area contributed by atoms with Crippen LogP contribution in [0.2, 0.25) is 5.02 Å². The fourth-order valence-corrected chi connectivity index (χ4v) is 2.87. The Bertz CT molecular complexity index is 1100. The molecule has 2 heterocycles. The molecule has 1 aromatic carbocycles. The number of aromatic nitrogens is 1. The molecule has 3 aromatic rings. The third-order valence-electron chi connectivity index (χ3n) is 3.99. The number of aryl methyl sites for hydroxylation is 1. The molecule has 0 bridgehead atoms. The van der Waals surface area contributed by atoms with Crippen molar-refractivity contribution in [2.45, 2.75) is 6.92 Å². The van der Waals surface area contributed by atoms with Gasteiger partial charge in [-0.2, -0.15) is 5.26 Å². The van der Waals surface area contributed by atoms with Gasteiger partial charge in [0.05, 0.1) is 12.8 Å². The molecule has 9 heteroatoms. The number of ether oxygens (including phenoxy) is 2. The van der Waals surface area contributed by atoms with Crippen LogP contribution in [0.15, 0.2) is 47.1 Å². The van der Waals surface area contributed by atoms with E-state index in [1.807, 2.05) is 6.07 Å². The molecule has 0 saturated heterocycles. The van der Waals surface area contributed by atoms with Crippen LogP contribution in [0.4, 0.5) is 5.69 Å². The third-order valence-corrected chi connectivity index (χ3v) is 4.23. The summed E-state index contributed by atoms with van der Waals surface area (Å²) in [7, 11) is 1.45. The Kier molecular flexibility index (Phi) is 5.90. The van der Waals surface area contributed by atoms with E-state index in [0.717, 1.165) is 0 Å². The van der Waals surface area contributed by atoms with Crippen molar-refractivity contribution in [2.24, 2.45) is 0 Å². The Hall–Kier alpha value is -3.70. The minimum Gasteiger partial charge on any atom is -0.495 e. The summed E-state index contributed by atoms with van der Waals surface area (Å²) in [6.07, 6.45) is 3.36. The van der Waals surface area contributed by atoms with Crippen LogP contribution in [0.5, 0.6) is 5.75 Å². The van der Waals surface area contributed by atoms with Gasteiger partial charge in [-0.25, -0.2) is 4.79 Å². The number of esters is 1. The van der Waals surface area contributed by atoms with E-state index in [-0.39, 0.29) is 22.8 Å². The van der Waals surface area contributed by atoms with E-state index in [0.29, 0.717) is 16.5 Å². The number of halogens is 1. The first-order chi connectivity index (χ1) is 13.9. The highest BCUT2D eigenvalue weighted by Gasteiger charge is 2.26. The van der Waals surface area contributed by atoms with Gasteiger partial charge in [-0.3, -0.25) is 9.36 Å². The van der Waals surface area contributed by atoms with E-state index in [9.17, 15) is 14.9 Å². The molecule has 0 aliphatic rings. The number of nitriles is 1. The molecule has 0 fully saturated rings. The van der Waals surface area contributed by atoms with Gasteiger partial charge in [-0.15, -0.1) is 0 Å². The number of hydrogen-bond donors (Lipinski definition) is 1. The SMILES string of the molecule is COc1ccc(Cl)cc1NC(=O)COC(=O)c1c(C)oc(-n2cccc2)c1C#N. The maximum atomic E-state index is 12.5. The molecule has 29 heavy (non-hydrogen) atoms. The van der Waals surface area contributed by atoms with Crippen molar-refractivity contribution in [3.63, 3.8) is 0 Å². The molecule has 3 rings (SSSR count). The van der Waals surface area contributed by atoms with Crippen molar-refractivity contribution in [1.82, 2.24) is 4.57 Å². The number of methoxy groups -OCH3 is 1. The first kappa shape index (κ1) is 20.0. The number of anilines is 1. The summed E-state index contributed by atoms with van der Waals surface area (Å²) >= 11 is 5.92. The molecule has 0 atom stereocenters. The maximum absolute atomic E-state index is 12.5. The van der Waals surface area contributed by atoms with Crippen LogP contribution in [-0.4, -0.2) is 30.2 Å². The van der Waals surface area contributed by atoms with Crippen molar-refractivity contribution in [1.29, 1.82) is 5.26 Å². The normalized spacial score (nSPS) is 10.3. The lowest BCUT2D eigenvalue weighted by Gasteiger charge is -2.10. The lowest BCUT2D eigenvalue weighted by atomic mass is 10.1. The van der Waals surface area contributed by atoms with E-state index < -0.39 is 18.5 Å². The lowest BCUT2D eigenvalue weighted by Crippen LogP contribution is -2.21. The second-order valence-electron chi connectivity index (χ2n) is 5.88. The van der Waals surface area contributed by atoms with Crippen LogP contribution in [-0.2, 0) is 9.53 Å². The average molecular weight is 414 g/mol. The topological polar surface area (TPSA) is 106 Å². The van der Waals surface area contributed by atoms with Gasteiger partial charge in [-0.05, 0) is 37.3 Å². The molecule has 0 aliphatic carbocycles. The lowest BCUT2D eigenvalue weighted by molar-refractivity contribution is -0.119. The number of nitrogens with zero attached hydrogens (tertiary/aromatic N) is 2. The number of carbonyl (C=O) groups is 2. The zero-order chi connectivity index (χ0) is 21.0. The Morgan fingerprint density at radius 3 is 2.69 bits per heavy atom. The van der Waals surface area contributed by atoms with Crippen molar-refractivity contribution in [3.05, 3.63) is 64.6 Å². The summed E-state index contributed by atoms with van der Waals surface area (Å²) in [4.78, 5) is 24.7. The summed E-state index contributed by atoms with van der Waals surface area (Å²) in [5.41, 5.74) is 0.345. The fraction of sp³-hybridized carbons (Fsp3) is 0.150. The minimum atomic E-state index is -0.839. The van der Waals surface area contributed by atoms with Crippen molar-refractivity contribution in [2.75, 3.05) is 19.0 Å². The number of furan rings is 1. The molecule has 0 aliphatic heterocycles. The summed E-state index contributed by atoms with van der Waals surface area (Å²) < 4.78 is 17.3. The standard InChI is InChI=1S/C20H16ClN3O5/c1-12-18(14(10-22)19(29-12)24-7-3-4-8-24)20(26)28-11-17(25)23-15-9-13(21)5-6-16(15)27-2/h3-9H,11H2,1-2H3,(H,23,25). The first-order valence-electron chi connectivity index (χ1n) is 8.42. The van der Waals surface area contributed by atoms with Crippen LogP contribution in [0.1, 0.15) is 21.7 Å². The largest absolute Gasteiger partial charge is 0.495 e. The zero-order valence-electron chi connectivity index (χ0n) is 15.6. The number of rotatable bonds is 6. The second-order valence-corrected chi connectivity index (χ2v) is 6.32. The smallest absolute Gasteiger partial charge is 0.343 e. The Balaban J connectivity index is 1.73. The molecule has 148 valence electrons. The molecular formula is C20H16ClN3O5. The van der Waals surface area contributed by atoms with E-state index >= 15 is 0 Å². The molecule has 0 spiro atoms. The molecule has 1 N–H and O–H groups in total. The first-order valence-corrected chi connectivity index (χ1v) is 8.79. The highest BCUT2D eigenvalue weighted by Crippen LogP contribution is 2.28. The maximum Gasteiger partial charge on any atom is 0.343 e. The van der Waals surface area contributed by atoms with Crippen molar-refractivity contribution >= 4 is 29.2 Å². The number of amides is 1. The van der Waals surface area contributed by atoms with Crippen LogP contribution in [0.3, 0.4) is 0 Å². The molecule has 1 amide bonds. The van der Waals surface area contributed by atoms with Crippen LogP contribution in [0, 0.1) is 18.3 Å². The molecule has 2 aromatic heterocycles. The molecule has 0 saturated carbocycles. The van der Waals surface area contributed by atoms with Crippen molar-refractivity contribution in [3.8, 4) is 17.7 Å². The van der Waals surface area contributed by atoms with Gasteiger partial charge in [0.15, 0.2) is 6.61 Å². The summed E-state index contributed by atoms with van der Waals surface area (Å²) in [6.45, 7) is 0.976. The quantitative estimate of drug-likeness (QED) is 0.617. The second kappa shape index (κ2) is 8.54. The highest BCUT2D eigenvalue weighted by atomic mass is 35.5. The number of benzene rings is 1. The van der Waals surface area contributed by atoms with E-state index in [2.05, 4.69) is 5.32 Å². The predicted octanol–water partition coefficient (Wildman–Crippen LogP) is 3.71.